The quantitative estimate of drug-likeness (QED) is 0.572. The van der Waals surface area contributed by atoms with Crippen molar-refractivity contribution in [2.45, 2.75) is 18.9 Å². The lowest BCUT2D eigenvalue weighted by Crippen LogP contribution is -2.26. The number of carbonyl (C=O) groups is 1. The van der Waals surface area contributed by atoms with Crippen molar-refractivity contribution >= 4 is 5.97 Å². The predicted octanol–water partition coefficient (Wildman–Crippen LogP) is -0.0867. The second-order valence-electron chi connectivity index (χ2n) is 2.33. The van der Waals surface area contributed by atoms with Crippen molar-refractivity contribution < 1.29 is 14.3 Å². The minimum absolute atomic E-state index is 0.0703. The Morgan fingerprint density at radius 3 is 2.64 bits per heavy atom. The average Bonchev–Trinajstić information content (AvgIpc) is 2.01. The Bertz CT molecular complexity index is 116. The Balaban J connectivity index is 3.29. The molecule has 0 saturated carbocycles. The van der Waals surface area contributed by atoms with Gasteiger partial charge < -0.3 is 15.2 Å². The zero-order valence-electron chi connectivity index (χ0n) is 7.00. The van der Waals surface area contributed by atoms with E-state index in [1.807, 2.05) is 0 Å². The van der Waals surface area contributed by atoms with Crippen molar-refractivity contribution in [2.75, 3.05) is 20.8 Å². The number of hydrogen-bond acceptors (Lipinski definition) is 4. The van der Waals surface area contributed by atoms with Crippen molar-refractivity contribution in [1.82, 2.24) is 0 Å². The summed E-state index contributed by atoms with van der Waals surface area (Å²) in [4.78, 5) is 10.6. The van der Waals surface area contributed by atoms with E-state index in [-0.39, 0.29) is 12.0 Å². The minimum atomic E-state index is -0.225. The fourth-order valence-electron chi connectivity index (χ4n) is 0.703. The standard InChI is InChI=1S/C7H15NO3/c1-10-5-6(8)3-4-7(9)11-2/h6H,3-5,8H2,1-2H3. The molecule has 4 nitrogen and oxygen atoms in total. The molecule has 0 aromatic heterocycles. The number of nitrogens with two attached hydrogens (primary N) is 1. The molecule has 2 N–H and O–H groups in total. The molecule has 1 atom stereocenters. The summed E-state index contributed by atoms with van der Waals surface area (Å²) < 4.78 is 9.24. The molecule has 0 saturated heterocycles. The summed E-state index contributed by atoms with van der Waals surface area (Å²) in [6.45, 7) is 0.483. The third-order valence-electron chi connectivity index (χ3n) is 1.33. The molecule has 0 amide bonds. The van der Waals surface area contributed by atoms with Crippen molar-refractivity contribution in [1.29, 1.82) is 0 Å². The normalized spacial score (nSPS) is 12.6. The third kappa shape index (κ3) is 5.82. The van der Waals surface area contributed by atoms with Gasteiger partial charge in [0.1, 0.15) is 0 Å². The first-order valence-electron chi connectivity index (χ1n) is 3.52. The fraction of sp³-hybridized carbons (Fsp3) is 0.857. The van der Waals surface area contributed by atoms with Crippen LogP contribution in [0, 0.1) is 0 Å². The van der Waals surface area contributed by atoms with Crippen molar-refractivity contribution in [3.05, 3.63) is 0 Å². The molecule has 0 aliphatic rings. The first-order chi connectivity index (χ1) is 5.20. The monoisotopic (exact) mass is 161 g/mol. The fourth-order valence-corrected chi connectivity index (χ4v) is 0.703. The number of esters is 1. The largest absolute Gasteiger partial charge is 0.469 e. The van der Waals surface area contributed by atoms with Crippen LogP contribution in [0.4, 0.5) is 0 Å². The Hall–Kier alpha value is -0.610. The number of methoxy groups -OCH3 is 2. The zero-order valence-corrected chi connectivity index (χ0v) is 7.00. The molecule has 0 aliphatic carbocycles. The Morgan fingerprint density at radius 1 is 1.55 bits per heavy atom. The van der Waals surface area contributed by atoms with Gasteiger partial charge in [0.2, 0.25) is 0 Å². The van der Waals surface area contributed by atoms with Crippen LogP contribution in [0.1, 0.15) is 12.8 Å². The lowest BCUT2D eigenvalue weighted by molar-refractivity contribution is -0.140. The van der Waals surface area contributed by atoms with Gasteiger partial charge in [-0.1, -0.05) is 0 Å². The maximum Gasteiger partial charge on any atom is 0.305 e. The maximum absolute atomic E-state index is 10.6. The van der Waals surface area contributed by atoms with Crippen LogP contribution in [0.2, 0.25) is 0 Å². The van der Waals surface area contributed by atoms with Gasteiger partial charge in [-0.05, 0) is 6.42 Å². The van der Waals surface area contributed by atoms with Crippen LogP contribution in [0.3, 0.4) is 0 Å². The Kier molecular flexibility index (Phi) is 5.78. The van der Waals surface area contributed by atoms with Gasteiger partial charge >= 0.3 is 5.97 Å². The molecule has 0 fully saturated rings. The summed E-state index contributed by atoms with van der Waals surface area (Å²) >= 11 is 0. The molecule has 0 spiro atoms. The zero-order chi connectivity index (χ0) is 8.69. The SMILES string of the molecule is COCC(N)CCC(=O)OC. The number of carbonyl (C=O) groups excluding carboxylic acids is 1. The smallest absolute Gasteiger partial charge is 0.305 e. The van der Waals surface area contributed by atoms with Crippen LogP contribution in [-0.2, 0) is 14.3 Å². The molecule has 4 heteroatoms. The molecule has 0 radical (unpaired) electrons. The van der Waals surface area contributed by atoms with Gasteiger partial charge in [-0.25, -0.2) is 0 Å². The minimum Gasteiger partial charge on any atom is -0.469 e. The third-order valence-corrected chi connectivity index (χ3v) is 1.33. The summed E-state index contributed by atoms with van der Waals surface area (Å²) in [5.41, 5.74) is 5.55. The molecule has 0 aliphatic heterocycles. The highest BCUT2D eigenvalue weighted by atomic mass is 16.5. The van der Waals surface area contributed by atoms with Gasteiger partial charge in [-0.3, -0.25) is 4.79 Å². The molecule has 11 heavy (non-hydrogen) atoms. The van der Waals surface area contributed by atoms with Crippen molar-refractivity contribution in [3.63, 3.8) is 0 Å². The predicted molar refractivity (Wildman–Crippen MR) is 41.1 cm³/mol. The maximum atomic E-state index is 10.6. The number of rotatable bonds is 5. The summed E-state index contributed by atoms with van der Waals surface area (Å²) in [6, 6.07) is -0.0703. The van der Waals surface area contributed by atoms with E-state index in [2.05, 4.69) is 4.74 Å². The lowest BCUT2D eigenvalue weighted by Gasteiger charge is -2.08. The second kappa shape index (κ2) is 6.12. The summed E-state index contributed by atoms with van der Waals surface area (Å²) in [5.74, 6) is -0.225. The molecule has 1 unspecified atom stereocenters. The van der Waals surface area contributed by atoms with Gasteiger partial charge in [0.15, 0.2) is 0 Å². The molecule has 0 aromatic rings. The molecular weight excluding hydrogens is 146 g/mol. The van der Waals surface area contributed by atoms with Gasteiger partial charge in [0.05, 0.1) is 13.7 Å². The van der Waals surface area contributed by atoms with E-state index in [1.54, 1.807) is 7.11 Å². The van der Waals surface area contributed by atoms with Crippen molar-refractivity contribution in [2.24, 2.45) is 5.73 Å². The summed E-state index contributed by atoms with van der Waals surface area (Å²) in [7, 11) is 2.95. The average molecular weight is 161 g/mol. The van der Waals surface area contributed by atoms with E-state index in [9.17, 15) is 4.79 Å². The molecule has 0 bridgehead atoms. The summed E-state index contributed by atoms with van der Waals surface area (Å²) in [5, 5.41) is 0. The number of hydrogen-bond donors (Lipinski definition) is 1. The van der Waals surface area contributed by atoms with E-state index in [0.717, 1.165) is 0 Å². The highest BCUT2D eigenvalue weighted by Gasteiger charge is 2.05. The molecule has 0 rings (SSSR count). The molecule has 0 aromatic carbocycles. The van der Waals surface area contributed by atoms with Crippen LogP contribution in [0.5, 0.6) is 0 Å². The van der Waals surface area contributed by atoms with Gasteiger partial charge in [-0.2, -0.15) is 0 Å². The van der Waals surface area contributed by atoms with Crippen LogP contribution < -0.4 is 5.73 Å². The van der Waals surface area contributed by atoms with E-state index in [0.29, 0.717) is 19.4 Å². The van der Waals surface area contributed by atoms with E-state index < -0.39 is 0 Å². The Morgan fingerprint density at radius 2 is 2.18 bits per heavy atom. The molecule has 0 heterocycles. The topological polar surface area (TPSA) is 61.5 Å². The van der Waals surface area contributed by atoms with Gasteiger partial charge in [-0.15, -0.1) is 0 Å². The second-order valence-corrected chi connectivity index (χ2v) is 2.33. The van der Waals surface area contributed by atoms with Crippen LogP contribution in [0.25, 0.3) is 0 Å². The first kappa shape index (κ1) is 10.4. The Labute approximate surface area is 66.7 Å². The van der Waals surface area contributed by atoms with Crippen LogP contribution in [-0.4, -0.2) is 32.8 Å². The van der Waals surface area contributed by atoms with Crippen molar-refractivity contribution in [3.8, 4) is 0 Å². The van der Waals surface area contributed by atoms with E-state index in [1.165, 1.54) is 7.11 Å². The molecule has 66 valence electrons. The van der Waals surface area contributed by atoms with Crippen LogP contribution >= 0.6 is 0 Å². The van der Waals surface area contributed by atoms with E-state index in [4.69, 9.17) is 10.5 Å². The van der Waals surface area contributed by atoms with Gasteiger partial charge in [0, 0.05) is 19.6 Å². The highest BCUT2D eigenvalue weighted by molar-refractivity contribution is 5.69. The first-order valence-corrected chi connectivity index (χ1v) is 3.52. The molecular formula is C7H15NO3. The summed E-state index contributed by atoms with van der Waals surface area (Å²) in [6.07, 6.45) is 0.974. The highest BCUT2D eigenvalue weighted by Crippen LogP contribution is 1.96. The van der Waals surface area contributed by atoms with E-state index >= 15 is 0 Å². The van der Waals surface area contributed by atoms with Crippen LogP contribution in [0.15, 0.2) is 0 Å². The van der Waals surface area contributed by atoms with Gasteiger partial charge in [0.25, 0.3) is 0 Å². The number of ether oxygens (including phenoxy) is 2. The lowest BCUT2D eigenvalue weighted by atomic mass is 10.2.